The van der Waals surface area contributed by atoms with Gasteiger partial charge in [-0.05, 0) is 47.1 Å². The summed E-state index contributed by atoms with van der Waals surface area (Å²) in [5, 5.41) is 1.20. The average molecular weight is 293 g/mol. The van der Waals surface area contributed by atoms with E-state index in [0.29, 0.717) is 12.1 Å². The molecule has 0 aromatic carbocycles. The van der Waals surface area contributed by atoms with Gasteiger partial charge in [-0.2, -0.15) is 0 Å². The molecule has 1 aromatic rings. The van der Waals surface area contributed by atoms with E-state index in [1.54, 1.807) is 0 Å². The Hall–Kier alpha value is -0.450. The lowest BCUT2D eigenvalue weighted by molar-refractivity contribution is -0.00403. The van der Waals surface area contributed by atoms with E-state index in [1.165, 1.54) is 54.5 Å². The predicted molar refractivity (Wildman–Crippen MR) is 85.4 cm³/mol. The molecule has 4 heteroatoms. The van der Waals surface area contributed by atoms with Gasteiger partial charge in [0, 0.05) is 36.1 Å². The Morgan fingerprint density at radius 3 is 2.75 bits per heavy atom. The normalized spacial score (nSPS) is 30.2. The van der Waals surface area contributed by atoms with E-state index in [9.17, 15) is 0 Å². The molecule has 0 saturated carbocycles. The standard InChI is InChI=1S/C16H27N3S/c1-11-9-18-8-6-5-7-15(18)10-19(11)13(3)16-12(2)17-14(4)20-16/h11,13,15H,5-10H2,1-4H3. The topological polar surface area (TPSA) is 19.4 Å². The van der Waals surface area contributed by atoms with Crippen LogP contribution in [0.5, 0.6) is 0 Å². The number of fused-ring (bicyclic) bond motifs is 1. The first-order valence-electron chi connectivity index (χ1n) is 8.00. The van der Waals surface area contributed by atoms with Crippen LogP contribution in [0, 0.1) is 13.8 Å². The Kier molecular flexibility index (Phi) is 4.16. The maximum absolute atomic E-state index is 4.61. The van der Waals surface area contributed by atoms with E-state index >= 15 is 0 Å². The predicted octanol–water partition coefficient (Wildman–Crippen LogP) is 3.38. The van der Waals surface area contributed by atoms with E-state index in [2.05, 4.69) is 42.5 Å². The highest BCUT2D eigenvalue weighted by Gasteiger charge is 2.36. The van der Waals surface area contributed by atoms with Gasteiger partial charge in [-0.1, -0.05) is 6.42 Å². The number of piperidine rings is 1. The average Bonchev–Trinajstić information content (AvgIpc) is 2.76. The van der Waals surface area contributed by atoms with Crippen molar-refractivity contribution < 1.29 is 0 Å². The van der Waals surface area contributed by atoms with E-state index in [1.807, 2.05) is 11.3 Å². The second-order valence-corrected chi connectivity index (χ2v) is 7.78. The smallest absolute Gasteiger partial charge is 0.0900 e. The van der Waals surface area contributed by atoms with Crippen molar-refractivity contribution in [2.45, 2.75) is 65.1 Å². The Balaban J connectivity index is 1.77. The minimum atomic E-state index is 0.514. The number of hydrogen-bond donors (Lipinski definition) is 0. The maximum atomic E-state index is 4.61. The molecule has 0 N–H and O–H groups in total. The molecule has 3 heterocycles. The third-order valence-corrected chi connectivity index (χ3v) is 6.29. The van der Waals surface area contributed by atoms with Gasteiger partial charge in [-0.3, -0.25) is 9.80 Å². The largest absolute Gasteiger partial charge is 0.298 e. The Labute approximate surface area is 127 Å². The summed E-state index contributed by atoms with van der Waals surface area (Å²) in [6.07, 6.45) is 4.19. The van der Waals surface area contributed by atoms with Crippen LogP contribution in [0.4, 0.5) is 0 Å². The van der Waals surface area contributed by atoms with E-state index in [4.69, 9.17) is 0 Å². The van der Waals surface area contributed by atoms with Crippen LogP contribution in [0.25, 0.3) is 0 Å². The van der Waals surface area contributed by atoms with Crippen LogP contribution in [0.2, 0.25) is 0 Å². The molecule has 2 aliphatic rings. The molecule has 2 aliphatic heterocycles. The molecule has 3 rings (SSSR count). The van der Waals surface area contributed by atoms with Crippen LogP contribution in [-0.2, 0) is 0 Å². The van der Waals surface area contributed by atoms with Crippen molar-refractivity contribution in [1.29, 1.82) is 0 Å². The molecule has 0 spiro atoms. The quantitative estimate of drug-likeness (QED) is 0.833. The number of aryl methyl sites for hydroxylation is 2. The number of hydrogen-bond acceptors (Lipinski definition) is 4. The van der Waals surface area contributed by atoms with Crippen molar-refractivity contribution in [1.82, 2.24) is 14.8 Å². The molecule has 0 aliphatic carbocycles. The van der Waals surface area contributed by atoms with Crippen LogP contribution < -0.4 is 0 Å². The van der Waals surface area contributed by atoms with Gasteiger partial charge in [0.1, 0.15) is 0 Å². The van der Waals surface area contributed by atoms with E-state index in [-0.39, 0.29) is 0 Å². The van der Waals surface area contributed by atoms with Gasteiger partial charge < -0.3 is 0 Å². The second kappa shape index (κ2) is 5.74. The van der Waals surface area contributed by atoms with Crippen LogP contribution in [0.1, 0.15) is 54.7 Å². The number of thiazole rings is 1. The van der Waals surface area contributed by atoms with E-state index in [0.717, 1.165) is 6.04 Å². The third-order valence-electron chi connectivity index (χ3n) is 5.05. The molecule has 112 valence electrons. The van der Waals surface area contributed by atoms with Crippen molar-refractivity contribution in [2.24, 2.45) is 0 Å². The van der Waals surface area contributed by atoms with Crippen LogP contribution in [-0.4, -0.2) is 46.5 Å². The molecular weight excluding hydrogens is 266 g/mol. The van der Waals surface area contributed by atoms with Gasteiger partial charge in [0.15, 0.2) is 0 Å². The van der Waals surface area contributed by atoms with Gasteiger partial charge in [-0.15, -0.1) is 11.3 Å². The summed E-state index contributed by atoms with van der Waals surface area (Å²) in [5.41, 5.74) is 1.23. The number of aromatic nitrogens is 1. The maximum Gasteiger partial charge on any atom is 0.0900 e. The molecule has 1 aromatic heterocycles. The molecule has 3 nitrogen and oxygen atoms in total. The summed E-state index contributed by atoms with van der Waals surface area (Å²) < 4.78 is 0. The van der Waals surface area contributed by atoms with Crippen molar-refractivity contribution in [3.8, 4) is 0 Å². The molecule has 2 fully saturated rings. The minimum absolute atomic E-state index is 0.514. The lowest BCUT2D eigenvalue weighted by Gasteiger charge is -2.49. The highest BCUT2D eigenvalue weighted by Crippen LogP contribution is 2.34. The minimum Gasteiger partial charge on any atom is -0.298 e. The molecule has 3 unspecified atom stereocenters. The molecule has 0 bridgehead atoms. The molecule has 3 atom stereocenters. The number of rotatable bonds is 2. The zero-order valence-electron chi connectivity index (χ0n) is 13.2. The summed E-state index contributed by atoms with van der Waals surface area (Å²) >= 11 is 1.88. The Bertz CT molecular complexity index is 470. The van der Waals surface area contributed by atoms with Gasteiger partial charge in [-0.25, -0.2) is 4.98 Å². The fraction of sp³-hybridized carbons (Fsp3) is 0.812. The molecule has 2 saturated heterocycles. The number of nitrogens with zero attached hydrogens (tertiary/aromatic N) is 3. The Morgan fingerprint density at radius 2 is 2.05 bits per heavy atom. The van der Waals surface area contributed by atoms with Crippen molar-refractivity contribution in [3.05, 3.63) is 15.6 Å². The third kappa shape index (κ3) is 2.66. The van der Waals surface area contributed by atoms with Gasteiger partial charge in [0.25, 0.3) is 0 Å². The van der Waals surface area contributed by atoms with Crippen LogP contribution >= 0.6 is 11.3 Å². The SMILES string of the molecule is Cc1nc(C)c(C(C)N2CC3CCCCN3CC2C)s1. The summed E-state index contributed by atoms with van der Waals surface area (Å²) in [6.45, 7) is 12.8. The monoisotopic (exact) mass is 293 g/mol. The Morgan fingerprint density at radius 1 is 1.25 bits per heavy atom. The fourth-order valence-electron chi connectivity index (χ4n) is 4.00. The van der Waals surface area contributed by atoms with Crippen LogP contribution in [0.3, 0.4) is 0 Å². The summed E-state index contributed by atoms with van der Waals surface area (Å²) in [5.74, 6) is 0. The van der Waals surface area contributed by atoms with Gasteiger partial charge >= 0.3 is 0 Å². The highest BCUT2D eigenvalue weighted by molar-refractivity contribution is 7.11. The van der Waals surface area contributed by atoms with Crippen molar-refractivity contribution in [2.75, 3.05) is 19.6 Å². The molecular formula is C16H27N3S. The molecule has 20 heavy (non-hydrogen) atoms. The van der Waals surface area contributed by atoms with Gasteiger partial charge in [0.05, 0.1) is 10.7 Å². The van der Waals surface area contributed by atoms with Crippen LogP contribution in [0.15, 0.2) is 0 Å². The molecule has 0 radical (unpaired) electrons. The van der Waals surface area contributed by atoms with E-state index < -0.39 is 0 Å². The van der Waals surface area contributed by atoms with Gasteiger partial charge in [0.2, 0.25) is 0 Å². The lowest BCUT2D eigenvalue weighted by Crippen LogP contribution is -2.58. The first kappa shape index (κ1) is 14.5. The zero-order valence-corrected chi connectivity index (χ0v) is 14.0. The fourth-order valence-corrected chi connectivity index (χ4v) is 5.00. The second-order valence-electron chi connectivity index (χ2n) is 6.55. The first-order chi connectivity index (χ1) is 9.56. The number of piperazine rings is 1. The van der Waals surface area contributed by atoms with Crippen molar-refractivity contribution in [3.63, 3.8) is 0 Å². The first-order valence-corrected chi connectivity index (χ1v) is 8.81. The lowest BCUT2D eigenvalue weighted by atomic mass is 9.96. The summed E-state index contributed by atoms with van der Waals surface area (Å²) in [7, 11) is 0. The highest BCUT2D eigenvalue weighted by atomic mass is 32.1. The molecule has 0 amide bonds. The summed E-state index contributed by atoms with van der Waals surface area (Å²) in [4.78, 5) is 11.5. The summed E-state index contributed by atoms with van der Waals surface area (Å²) in [6, 6.07) is 1.96. The van der Waals surface area contributed by atoms with Crippen molar-refractivity contribution >= 4 is 11.3 Å². The zero-order chi connectivity index (χ0) is 14.3.